The molecule has 0 bridgehead atoms. The molecular weight excluding hydrogens is 368 g/mol. The zero-order valence-electron chi connectivity index (χ0n) is 17.8. The van der Waals surface area contributed by atoms with Gasteiger partial charge in [-0.05, 0) is 25.0 Å². The van der Waals surface area contributed by atoms with E-state index in [2.05, 4.69) is 50.6 Å². The number of aromatic nitrogens is 2. The van der Waals surface area contributed by atoms with E-state index >= 15 is 0 Å². The van der Waals surface area contributed by atoms with Gasteiger partial charge in [0.1, 0.15) is 5.75 Å². The van der Waals surface area contributed by atoms with Crippen molar-refractivity contribution >= 4 is 11.6 Å². The van der Waals surface area contributed by atoms with Crippen LogP contribution >= 0.6 is 0 Å². The first kappa shape index (κ1) is 21.0. The number of guanidine groups is 1. The van der Waals surface area contributed by atoms with E-state index in [4.69, 9.17) is 9.26 Å². The molecule has 1 saturated heterocycles. The quantitative estimate of drug-likeness (QED) is 0.400. The number of methoxy groups -OCH3 is 1. The van der Waals surface area contributed by atoms with Crippen LogP contribution in [0.1, 0.15) is 44.3 Å². The van der Waals surface area contributed by atoms with Gasteiger partial charge in [0.2, 0.25) is 5.89 Å². The second kappa shape index (κ2) is 10.1. The van der Waals surface area contributed by atoms with E-state index in [9.17, 15) is 0 Å². The number of rotatable bonds is 8. The molecule has 8 nitrogen and oxygen atoms in total. The highest BCUT2D eigenvalue weighted by Gasteiger charge is 2.25. The Morgan fingerprint density at radius 1 is 1.38 bits per heavy atom. The van der Waals surface area contributed by atoms with Crippen LogP contribution in [0.3, 0.4) is 0 Å². The van der Waals surface area contributed by atoms with E-state index in [0.717, 1.165) is 62.1 Å². The van der Waals surface area contributed by atoms with E-state index in [1.165, 1.54) is 0 Å². The summed E-state index contributed by atoms with van der Waals surface area (Å²) in [5.74, 6) is 3.49. The van der Waals surface area contributed by atoms with Gasteiger partial charge in [0.05, 0.1) is 12.8 Å². The molecule has 2 heterocycles. The fourth-order valence-corrected chi connectivity index (χ4v) is 3.43. The average Bonchev–Trinajstić information content (AvgIpc) is 3.40. The molecule has 1 aromatic heterocycles. The summed E-state index contributed by atoms with van der Waals surface area (Å²) in [5, 5.41) is 10.9. The summed E-state index contributed by atoms with van der Waals surface area (Å²) in [7, 11) is 3.52. The van der Waals surface area contributed by atoms with Crippen molar-refractivity contribution in [3.63, 3.8) is 0 Å². The minimum Gasteiger partial charge on any atom is -0.495 e. The normalized spacial score (nSPS) is 17.1. The lowest BCUT2D eigenvalue weighted by Crippen LogP contribution is -2.44. The third-order valence-electron chi connectivity index (χ3n) is 5.04. The maximum absolute atomic E-state index is 5.50. The van der Waals surface area contributed by atoms with Crippen molar-refractivity contribution < 1.29 is 9.26 Å². The summed E-state index contributed by atoms with van der Waals surface area (Å²) in [6, 6.07) is 8.50. The molecule has 0 radical (unpaired) electrons. The first-order valence-corrected chi connectivity index (χ1v) is 10.3. The standard InChI is InChI=1S/C21H32N6O2/c1-15(2)20-25-19(29-26-20)10-7-12-23-21(22-3)24-16-11-13-27(14-16)17-8-5-6-9-18(17)28-4/h5-6,8-9,15-16H,7,10-14H2,1-4H3,(H2,22,23,24). The van der Waals surface area contributed by atoms with Gasteiger partial charge >= 0.3 is 0 Å². The Morgan fingerprint density at radius 3 is 2.93 bits per heavy atom. The molecule has 0 amide bonds. The van der Waals surface area contributed by atoms with Gasteiger partial charge in [-0.1, -0.05) is 31.1 Å². The van der Waals surface area contributed by atoms with Crippen LogP contribution in [0.15, 0.2) is 33.8 Å². The Bertz CT molecular complexity index is 804. The highest BCUT2D eigenvalue weighted by Crippen LogP contribution is 2.30. The number of hydrogen-bond donors (Lipinski definition) is 2. The van der Waals surface area contributed by atoms with Gasteiger partial charge in [0.25, 0.3) is 0 Å². The molecule has 1 aromatic carbocycles. The number of nitrogens with zero attached hydrogens (tertiary/aromatic N) is 4. The number of hydrogen-bond acceptors (Lipinski definition) is 6. The summed E-state index contributed by atoms with van der Waals surface area (Å²) in [6.45, 7) is 6.82. The lowest BCUT2D eigenvalue weighted by molar-refractivity contribution is 0.368. The molecule has 0 spiro atoms. The third-order valence-corrected chi connectivity index (χ3v) is 5.04. The highest BCUT2D eigenvalue weighted by atomic mass is 16.5. The first-order chi connectivity index (χ1) is 14.1. The molecule has 3 rings (SSSR count). The molecule has 158 valence electrons. The minimum atomic E-state index is 0.287. The van der Waals surface area contributed by atoms with Crippen molar-refractivity contribution in [3.05, 3.63) is 36.0 Å². The Balaban J connectivity index is 1.42. The van der Waals surface area contributed by atoms with Gasteiger partial charge in [-0.2, -0.15) is 4.98 Å². The highest BCUT2D eigenvalue weighted by molar-refractivity contribution is 5.80. The number of ether oxygens (including phenoxy) is 1. The molecule has 1 unspecified atom stereocenters. The summed E-state index contributed by atoms with van der Waals surface area (Å²) >= 11 is 0. The van der Waals surface area contributed by atoms with Crippen LogP contribution in [0, 0.1) is 0 Å². The predicted molar refractivity (Wildman–Crippen MR) is 115 cm³/mol. The average molecular weight is 401 g/mol. The molecule has 0 aliphatic carbocycles. The second-order valence-electron chi connectivity index (χ2n) is 7.55. The Labute approximate surface area is 172 Å². The zero-order chi connectivity index (χ0) is 20.6. The fraction of sp³-hybridized carbons (Fsp3) is 0.571. The molecular formula is C21H32N6O2. The SMILES string of the molecule is CN=C(NCCCc1nc(C(C)C)no1)NC1CCN(c2ccccc2OC)C1. The van der Waals surface area contributed by atoms with Crippen LogP contribution in [-0.4, -0.2) is 55.9 Å². The second-order valence-corrected chi connectivity index (χ2v) is 7.55. The van der Waals surface area contributed by atoms with Crippen molar-refractivity contribution in [2.24, 2.45) is 4.99 Å². The van der Waals surface area contributed by atoms with E-state index in [0.29, 0.717) is 11.9 Å². The molecule has 29 heavy (non-hydrogen) atoms. The molecule has 2 aromatic rings. The van der Waals surface area contributed by atoms with Crippen LogP contribution in [0.4, 0.5) is 5.69 Å². The van der Waals surface area contributed by atoms with Crippen LogP contribution in [0.25, 0.3) is 0 Å². The van der Waals surface area contributed by atoms with E-state index in [1.54, 1.807) is 14.2 Å². The van der Waals surface area contributed by atoms with Gasteiger partial charge in [-0.15, -0.1) is 0 Å². The number of nitrogens with one attached hydrogen (secondary N) is 2. The van der Waals surface area contributed by atoms with Crippen molar-refractivity contribution in [3.8, 4) is 5.75 Å². The Hall–Kier alpha value is -2.77. The van der Waals surface area contributed by atoms with Gasteiger partial charge in [-0.25, -0.2) is 0 Å². The predicted octanol–water partition coefficient (Wildman–Crippen LogP) is 2.58. The largest absolute Gasteiger partial charge is 0.495 e. The number of para-hydroxylation sites is 2. The van der Waals surface area contributed by atoms with Crippen LogP contribution in [0.2, 0.25) is 0 Å². The maximum atomic E-state index is 5.50. The minimum absolute atomic E-state index is 0.287. The van der Waals surface area contributed by atoms with Crippen molar-refractivity contribution in [1.82, 2.24) is 20.8 Å². The first-order valence-electron chi connectivity index (χ1n) is 10.3. The maximum Gasteiger partial charge on any atom is 0.226 e. The molecule has 1 aliphatic heterocycles. The number of anilines is 1. The fourth-order valence-electron chi connectivity index (χ4n) is 3.43. The van der Waals surface area contributed by atoms with Gasteiger partial charge in [-0.3, -0.25) is 4.99 Å². The van der Waals surface area contributed by atoms with Crippen molar-refractivity contribution in [2.45, 2.75) is 45.1 Å². The third kappa shape index (κ3) is 5.62. The number of aliphatic imine (C=N–C) groups is 1. The van der Waals surface area contributed by atoms with Gasteiger partial charge in [0.15, 0.2) is 11.8 Å². The lowest BCUT2D eigenvalue weighted by atomic mass is 10.2. The van der Waals surface area contributed by atoms with Crippen molar-refractivity contribution in [2.75, 3.05) is 38.7 Å². The van der Waals surface area contributed by atoms with E-state index < -0.39 is 0 Å². The Morgan fingerprint density at radius 2 is 2.21 bits per heavy atom. The van der Waals surface area contributed by atoms with Gasteiger partial charge in [0, 0.05) is 45.1 Å². The lowest BCUT2D eigenvalue weighted by Gasteiger charge is -2.22. The molecule has 2 N–H and O–H groups in total. The molecule has 8 heteroatoms. The van der Waals surface area contributed by atoms with Crippen LogP contribution in [-0.2, 0) is 6.42 Å². The van der Waals surface area contributed by atoms with Gasteiger partial charge < -0.3 is 24.8 Å². The van der Waals surface area contributed by atoms with Crippen molar-refractivity contribution in [1.29, 1.82) is 0 Å². The monoisotopic (exact) mass is 400 g/mol. The number of aryl methyl sites for hydroxylation is 1. The van der Waals surface area contributed by atoms with E-state index in [1.807, 2.05) is 18.2 Å². The summed E-state index contributed by atoms with van der Waals surface area (Å²) in [4.78, 5) is 11.1. The summed E-state index contributed by atoms with van der Waals surface area (Å²) in [5.41, 5.74) is 1.14. The Kier molecular flexibility index (Phi) is 7.32. The van der Waals surface area contributed by atoms with Crippen LogP contribution < -0.4 is 20.3 Å². The van der Waals surface area contributed by atoms with E-state index in [-0.39, 0.29) is 5.92 Å². The summed E-state index contributed by atoms with van der Waals surface area (Å²) in [6.07, 6.45) is 2.71. The smallest absolute Gasteiger partial charge is 0.226 e. The molecule has 1 fully saturated rings. The number of benzene rings is 1. The molecule has 1 atom stereocenters. The topological polar surface area (TPSA) is 87.8 Å². The summed E-state index contributed by atoms with van der Waals surface area (Å²) < 4.78 is 10.8. The molecule has 1 aliphatic rings. The zero-order valence-corrected chi connectivity index (χ0v) is 17.8. The van der Waals surface area contributed by atoms with Crippen LogP contribution in [0.5, 0.6) is 5.75 Å². The molecule has 0 saturated carbocycles.